The molecule has 1 aliphatic rings. The highest BCUT2D eigenvalue weighted by Gasteiger charge is 2.30. The number of rotatable bonds is 0. The zero-order valence-corrected chi connectivity index (χ0v) is 6.00. The van der Waals surface area contributed by atoms with Gasteiger partial charge in [-0.1, -0.05) is 0 Å². The maximum Gasteiger partial charge on any atom is 0.200 e. The largest absolute Gasteiger partial charge is 0.504 e. The third-order valence-corrected chi connectivity index (χ3v) is 1.67. The van der Waals surface area contributed by atoms with Gasteiger partial charge in [0.05, 0.1) is 0 Å². The Balaban J connectivity index is 3.08. The Morgan fingerprint density at radius 1 is 1.45 bits per heavy atom. The van der Waals surface area contributed by atoms with Crippen molar-refractivity contribution < 1.29 is 19.8 Å². The number of carbonyl (C=O) groups is 2. The van der Waals surface area contributed by atoms with Crippen molar-refractivity contribution in [3.05, 3.63) is 11.3 Å². The fourth-order valence-corrected chi connectivity index (χ4v) is 0.941. The van der Waals surface area contributed by atoms with E-state index in [0.717, 1.165) is 0 Å². The summed E-state index contributed by atoms with van der Waals surface area (Å²) in [5.41, 5.74) is -0.0475. The van der Waals surface area contributed by atoms with Gasteiger partial charge in [0.1, 0.15) is 6.10 Å². The fourth-order valence-electron chi connectivity index (χ4n) is 0.941. The Morgan fingerprint density at radius 3 is 2.55 bits per heavy atom. The van der Waals surface area contributed by atoms with Crippen molar-refractivity contribution in [3.63, 3.8) is 0 Å². The average Bonchev–Trinajstić information content (AvgIpc) is 1.97. The van der Waals surface area contributed by atoms with Crippen molar-refractivity contribution in [3.8, 4) is 0 Å². The monoisotopic (exact) mass is 156 g/mol. The van der Waals surface area contributed by atoms with E-state index in [2.05, 4.69) is 0 Å². The van der Waals surface area contributed by atoms with Crippen LogP contribution >= 0.6 is 0 Å². The minimum Gasteiger partial charge on any atom is -0.504 e. The number of Topliss-reactive ketones (excluding diaryl/α,β-unsaturated/α-hetero) is 2. The van der Waals surface area contributed by atoms with E-state index >= 15 is 0 Å². The normalized spacial score (nSPS) is 26.2. The molecule has 0 aromatic carbocycles. The summed E-state index contributed by atoms with van der Waals surface area (Å²) in [6.45, 7) is 1.32. The molecule has 1 atom stereocenters. The molecule has 0 saturated carbocycles. The standard InChI is InChI=1S/C7H8O4/c1-3-6(10)4(8)2-5(9)7(3)11/h4,8,11H,2H2,1H3/t4-/m0/s1. The van der Waals surface area contributed by atoms with E-state index in [-0.39, 0.29) is 12.0 Å². The summed E-state index contributed by atoms with van der Waals surface area (Å²) in [6.07, 6.45) is -1.57. The number of aliphatic hydroxyl groups is 2. The van der Waals surface area contributed by atoms with Gasteiger partial charge in [0, 0.05) is 12.0 Å². The van der Waals surface area contributed by atoms with E-state index in [9.17, 15) is 9.59 Å². The van der Waals surface area contributed by atoms with Crippen molar-refractivity contribution in [2.75, 3.05) is 0 Å². The lowest BCUT2D eigenvalue weighted by atomic mass is 9.94. The lowest BCUT2D eigenvalue weighted by Gasteiger charge is -2.15. The first-order valence-electron chi connectivity index (χ1n) is 3.19. The summed E-state index contributed by atoms with van der Waals surface area (Å²) in [5, 5.41) is 17.9. The molecule has 11 heavy (non-hydrogen) atoms. The minimum atomic E-state index is -1.27. The molecule has 0 heterocycles. The van der Waals surface area contributed by atoms with Crippen molar-refractivity contribution in [2.24, 2.45) is 0 Å². The maximum absolute atomic E-state index is 10.9. The van der Waals surface area contributed by atoms with Gasteiger partial charge in [-0.2, -0.15) is 0 Å². The van der Waals surface area contributed by atoms with Crippen LogP contribution in [0.4, 0.5) is 0 Å². The predicted molar refractivity (Wildman–Crippen MR) is 36.0 cm³/mol. The summed E-state index contributed by atoms with van der Waals surface area (Å²) < 4.78 is 0. The van der Waals surface area contributed by atoms with Crippen molar-refractivity contribution in [1.29, 1.82) is 0 Å². The summed E-state index contributed by atoms with van der Waals surface area (Å²) in [5.74, 6) is -1.66. The first kappa shape index (κ1) is 7.94. The molecular weight excluding hydrogens is 148 g/mol. The second-order valence-corrected chi connectivity index (χ2v) is 2.48. The van der Waals surface area contributed by atoms with Gasteiger partial charge in [-0.3, -0.25) is 9.59 Å². The highest BCUT2D eigenvalue weighted by atomic mass is 16.3. The Kier molecular flexibility index (Phi) is 1.78. The highest BCUT2D eigenvalue weighted by Crippen LogP contribution is 2.16. The molecule has 0 saturated heterocycles. The van der Waals surface area contributed by atoms with Gasteiger partial charge in [0.15, 0.2) is 11.5 Å². The molecule has 1 aliphatic carbocycles. The predicted octanol–water partition coefficient (Wildman–Crippen LogP) is -0.279. The topological polar surface area (TPSA) is 74.6 Å². The Hall–Kier alpha value is -1.16. The molecule has 0 spiro atoms. The molecule has 1 rings (SSSR count). The minimum absolute atomic E-state index is 0.0475. The summed E-state index contributed by atoms with van der Waals surface area (Å²) >= 11 is 0. The number of aliphatic hydroxyl groups excluding tert-OH is 2. The van der Waals surface area contributed by atoms with Gasteiger partial charge < -0.3 is 10.2 Å². The third kappa shape index (κ3) is 1.17. The van der Waals surface area contributed by atoms with Crippen molar-refractivity contribution >= 4 is 11.6 Å². The van der Waals surface area contributed by atoms with Crippen LogP contribution in [0.15, 0.2) is 11.3 Å². The quantitative estimate of drug-likeness (QED) is 0.506. The third-order valence-electron chi connectivity index (χ3n) is 1.67. The molecule has 0 unspecified atom stereocenters. The lowest BCUT2D eigenvalue weighted by molar-refractivity contribution is -0.131. The average molecular weight is 156 g/mol. The lowest BCUT2D eigenvalue weighted by Crippen LogP contribution is -2.31. The highest BCUT2D eigenvalue weighted by molar-refractivity contribution is 6.12. The van der Waals surface area contributed by atoms with Gasteiger partial charge in [-0.15, -0.1) is 0 Å². The second kappa shape index (κ2) is 2.47. The molecule has 4 heteroatoms. The van der Waals surface area contributed by atoms with E-state index in [1.54, 1.807) is 0 Å². The molecule has 4 nitrogen and oxygen atoms in total. The van der Waals surface area contributed by atoms with Crippen LogP contribution in [-0.4, -0.2) is 27.9 Å². The van der Waals surface area contributed by atoms with E-state index in [4.69, 9.17) is 10.2 Å². The smallest absolute Gasteiger partial charge is 0.200 e. The van der Waals surface area contributed by atoms with E-state index in [0.29, 0.717) is 0 Å². The van der Waals surface area contributed by atoms with Crippen LogP contribution in [0, 0.1) is 0 Å². The van der Waals surface area contributed by atoms with Crippen LogP contribution in [0.1, 0.15) is 13.3 Å². The van der Waals surface area contributed by atoms with Crippen LogP contribution in [-0.2, 0) is 9.59 Å². The van der Waals surface area contributed by atoms with Crippen LogP contribution in [0.5, 0.6) is 0 Å². The zero-order chi connectivity index (χ0) is 8.59. The Morgan fingerprint density at radius 2 is 2.00 bits per heavy atom. The molecule has 0 aromatic rings. The van der Waals surface area contributed by atoms with Gasteiger partial charge in [0.2, 0.25) is 5.78 Å². The van der Waals surface area contributed by atoms with Gasteiger partial charge in [-0.25, -0.2) is 0 Å². The summed E-state index contributed by atoms with van der Waals surface area (Å²) in [4.78, 5) is 21.6. The first-order valence-corrected chi connectivity index (χ1v) is 3.19. The number of ketones is 2. The Bertz CT molecular complexity index is 251. The van der Waals surface area contributed by atoms with Crippen LogP contribution in [0.2, 0.25) is 0 Å². The molecule has 0 radical (unpaired) electrons. The van der Waals surface area contributed by atoms with E-state index in [1.165, 1.54) is 6.92 Å². The first-order chi connectivity index (χ1) is 5.04. The van der Waals surface area contributed by atoms with Crippen molar-refractivity contribution in [2.45, 2.75) is 19.4 Å². The van der Waals surface area contributed by atoms with E-state index in [1.807, 2.05) is 0 Å². The fraction of sp³-hybridized carbons (Fsp3) is 0.429. The Labute approximate surface area is 63.1 Å². The number of hydrogen-bond acceptors (Lipinski definition) is 4. The van der Waals surface area contributed by atoms with Crippen LogP contribution in [0.25, 0.3) is 0 Å². The SMILES string of the molecule is CC1=C(O)C(=O)C[C@H](O)C1=O. The number of carbonyl (C=O) groups excluding carboxylic acids is 2. The maximum atomic E-state index is 10.9. The molecule has 0 aromatic heterocycles. The molecule has 0 fully saturated rings. The summed E-state index contributed by atoms with van der Waals surface area (Å²) in [6, 6.07) is 0. The van der Waals surface area contributed by atoms with Crippen molar-refractivity contribution in [1.82, 2.24) is 0 Å². The van der Waals surface area contributed by atoms with Gasteiger partial charge in [-0.05, 0) is 6.92 Å². The molecular formula is C7H8O4. The molecule has 0 aliphatic heterocycles. The van der Waals surface area contributed by atoms with Crippen LogP contribution < -0.4 is 0 Å². The van der Waals surface area contributed by atoms with Gasteiger partial charge in [0.25, 0.3) is 0 Å². The molecule has 60 valence electrons. The zero-order valence-electron chi connectivity index (χ0n) is 6.00. The van der Waals surface area contributed by atoms with Crippen LogP contribution in [0.3, 0.4) is 0 Å². The van der Waals surface area contributed by atoms with Gasteiger partial charge >= 0.3 is 0 Å². The summed E-state index contributed by atoms with van der Waals surface area (Å²) in [7, 11) is 0. The molecule has 0 amide bonds. The molecule has 0 bridgehead atoms. The second-order valence-electron chi connectivity index (χ2n) is 2.48. The number of hydrogen-bond donors (Lipinski definition) is 2. The van der Waals surface area contributed by atoms with E-state index < -0.39 is 23.4 Å². The molecule has 2 N–H and O–H groups in total. The number of allylic oxidation sites excluding steroid dienone is 1.